The molecule has 0 radical (unpaired) electrons. The van der Waals surface area contributed by atoms with Gasteiger partial charge in [-0.25, -0.2) is 9.97 Å². The summed E-state index contributed by atoms with van der Waals surface area (Å²) in [6.45, 7) is 0. The van der Waals surface area contributed by atoms with Gasteiger partial charge in [-0.05, 0) is 18.2 Å². The molecule has 0 amide bonds. The van der Waals surface area contributed by atoms with Crippen molar-refractivity contribution in [2.75, 3.05) is 0 Å². The molecule has 3 rings (SSSR count). The van der Waals surface area contributed by atoms with Gasteiger partial charge in [-0.15, -0.1) is 0 Å². The standard InChI is InChI=1S/C10H6ClN5S/c11-7-2-3-8(13-6-7)14-10-16-5-1-4-12-9(16)15-17-10/h1-6H. The average Bonchev–Trinajstić information content (AvgIpc) is 2.76. The number of rotatable bonds is 1. The summed E-state index contributed by atoms with van der Waals surface area (Å²) in [7, 11) is 0. The van der Waals surface area contributed by atoms with Gasteiger partial charge >= 0.3 is 0 Å². The van der Waals surface area contributed by atoms with Crippen LogP contribution < -0.4 is 4.80 Å². The van der Waals surface area contributed by atoms with Crippen LogP contribution in [-0.2, 0) is 0 Å². The Morgan fingerprint density at radius 1 is 1.29 bits per heavy atom. The van der Waals surface area contributed by atoms with Gasteiger partial charge in [-0.1, -0.05) is 11.6 Å². The fourth-order valence-corrected chi connectivity index (χ4v) is 2.09. The summed E-state index contributed by atoms with van der Waals surface area (Å²) in [5, 5.41) is 0.590. The van der Waals surface area contributed by atoms with E-state index in [4.69, 9.17) is 11.6 Å². The van der Waals surface area contributed by atoms with Crippen LogP contribution in [0.4, 0.5) is 5.82 Å². The van der Waals surface area contributed by atoms with E-state index in [9.17, 15) is 0 Å². The molecule has 0 aliphatic rings. The van der Waals surface area contributed by atoms with Crippen LogP contribution in [0.5, 0.6) is 0 Å². The second-order valence-electron chi connectivity index (χ2n) is 3.20. The molecule has 7 heteroatoms. The molecule has 0 saturated carbocycles. The molecule has 0 aliphatic heterocycles. The van der Waals surface area contributed by atoms with E-state index in [0.717, 1.165) is 4.80 Å². The van der Waals surface area contributed by atoms with E-state index in [-0.39, 0.29) is 0 Å². The first kappa shape index (κ1) is 10.4. The highest BCUT2D eigenvalue weighted by atomic mass is 35.5. The highest BCUT2D eigenvalue weighted by Crippen LogP contribution is 2.11. The van der Waals surface area contributed by atoms with Gasteiger partial charge in [0.2, 0.25) is 10.6 Å². The predicted octanol–water partition coefficient (Wildman–Crippen LogP) is 2.07. The SMILES string of the molecule is Clc1ccc(N=c2snc3ncccn23)nc1. The van der Waals surface area contributed by atoms with Gasteiger partial charge in [0, 0.05) is 30.1 Å². The predicted molar refractivity (Wildman–Crippen MR) is 65.3 cm³/mol. The van der Waals surface area contributed by atoms with Crippen LogP contribution in [0.1, 0.15) is 0 Å². The minimum Gasteiger partial charge on any atom is -0.259 e. The number of hydrogen-bond donors (Lipinski definition) is 0. The van der Waals surface area contributed by atoms with Gasteiger partial charge in [0.15, 0.2) is 5.82 Å². The molecule has 0 N–H and O–H groups in total. The Labute approximate surface area is 105 Å². The number of hydrogen-bond acceptors (Lipinski definition) is 5. The Morgan fingerprint density at radius 2 is 2.24 bits per heavy atom. The summed E-state index contributed by atoms with van der Waals surface area (Å²) >= 11 is 7.03. The van der Waals surface area contributed by atoms with Gasteiger partial charge in [0.25, 0.3) is 0 Å². The minimum atomic E-state index is 0.590. The first-order valence-corrected chi connectivity index (χ1v) is 5.93. The Bertz CT molecular complexity index is 715. The molecular formula is C10H6ClN5S. The number of halogens is 1. The molecule has 84 valence electrons. The Balaban J connectivity index is 2.18. The van der Waals surface area contributed by atoms with E-state index >= 15 is 0 Å². The van der Waals surface area contributed by atoms with Crippen molar-refractivity contribution in [3.8, 4) is 0 Å². The highest BCUT2D eigenvalue weighted by Gasteiger charge is 1.99. The first-order chi connectivity index (χ1) is 8.33. The van der Waals surface area contributed by atoms with Gasteiger partial charge in [0.1, 0.15) is 0 Å². The van der Waals surface area contributed by atoms with E-state index in [1.807, 2.05) is 12.3 Å². The second kappa shape index (κ2) is 4.23. The molecule has 0 bridgehead atoms. The molecule has 0 unspecified atom stereocenters. The van der Waals surface area contributed by atoms with Crippen molar-refractivity contribution in [1.82, 2.24) is 18.7 Å². The quantitative estimate of drug-likeness (QED) is 0.675. The Morgan fingerprint density at radius 3 is 3.06 bits per heavy atom. The lowest BCUT2D eigenvalue weighted by Crippen LogP contribution is -2.05. The largest absolute Gasteiger partial charge is 0.259 e. The zero-order valence-electron chi connectivity index (χ0n) is 8.49. The summed E-state index contributed by atoms with van der Waals surface area (Å²) in [6, 6.07) is 5.33. The smallest absolute Gasteiger partial charge is 0.246 e. The van der Waals surface area contributed by atoms with E-state index in [2.05, 4.69) is 19.3 Å². The molecule has 0 atom stereocenters. The van der Waals surface area contributed by atoms with Crippen molar-refractivity contribution in [2.45, 2.75) is 0 Å². The summed E-state index contributed by atoms with van der Waals surface area (Å²) in [4.78, 5) is 13.3. The van der Waals surface area contributed by atoms with Crippen molar-refractivity contribution >= 4 is 34.7 Å². The Hall–Kier alpha value is -1.79. The summed E-state index contributed by atoms with van der Waals surface area (Å²) in [5.74, 6) is 1.22. The maximum absolute atomic E-state index is 5.76. The lowest BCUT2D eigenvalue weighted by Gasteiger charge is -1.92. The molecule has 3 aromatic rings. The zero-order chi connectivity index (χ0) is 11.7. The third kappa shape index (κ3) is 2.04. The van der Waals surface area contributed by atoms with Crippen LogP contribution in [0, 0.1) is 0 Å². The highest BCUT2D eigenvalue weighted by molar-refractivity contribution is 7.03. The van der Waals surface area contributed by atoms with Crippen LogP contribution in [0.25, 0.3) is 5.78 Å². The topological polar surface area (TPSA) is 55.4 Å². The molecule has 0 spiro atoms. The molecule has 5 nitrogen and oxygen atoms in total. The van der Waals surface area contributed by atoms with E-state index in [1.54, 1.807) is 28.9 Å². The van der Waals surface area contributed by atoms with Crippen molar-refractivity contribution in [2.24, 2.45) is 4.99 Å². The number of fused-ring (bicyclic) bond motifs is 1. The number of aromatic nitrogens is 4. The summed E-state index contributed by atoms with van der Waals surface area (Å²) in [5.41, 5.74) is 0. The van der Waals surface area contributed by atoms with Crippen molar-refractivity contribution < 1.29 is 0 Å². The minimum absolute atomic E-state index is 0.590. The van der Waals surface area contributed by atoms with Crippen LogP contribution in [0.3, 0.4) is 0 Å². The van der Waals surface area contributed by atoms with Gasteiger partial charge in [-0.2, -0.15) is 9.37 Å². The maximum Gasteiger partial charge on any atom is 0.246 e. The lowest BCUT2D eigenvalue weighted by molar-refractivity contribution is 1.03. The molecule has 3 aromatic heterocycles. The van der Waals surface area contributed by atoms with E-state index < -0.39 is 0 Å². The zero-order valence-corrected chi connectivity index (χ0v) is 10.1. The fourth-order valence-electron chi connectivity index (χ4n) is 1.31. The number of nitrogens with zero attached hydrogens (tertiary/aromatic N) is 5. The molecule has 17 heavy (non-hydrogen) atoms. The molecule has 0 fully saturated rings. The lowest BCUT2D eigenvalue weighted by atomic mass is 10.5. The van der Waals surface area contributed by atoms with E-state index in [1.165, 1.54) is 11.5 Å². The molecule has 0 aliphatic carbocycles. The van der Waals surface area contributed by atoms with Gasteiger partial charge < -0.3 is 0 Å². The summed E-state index contributed by atoms with van der Waals surface area (Å²) < 4.78 is 5.98. The monoisotopic (exact) mass is 263 g/mol. The van der Waals surface area contributed by atoms with Gasteiger partial charge in [-0.3, -0.25) is 4.40 Å². The molecule has 0 aromatic carbocycles. The van der Waals surface area contributed by atoms with Crippen LogP contribution >= 0.6 is 23.1 Å². The van der Waals surface area contributed by atoms with Crippen LogP contribution in [0.2, 0.25) is 5.02 Å². The van der Waals surface area contributed by atoms with Crippen LogP contribution in [-0.4, -0.2) is 18.7 Å². The average molecular weight is 264 g/mol. The van der Waals surface area contributed by atoms with Gasteiger partial charge in [0.05, 0.1) is 5.02 Å². The first-order valence-electron chi connectivity index (χ1n) is 4.78. The van der Waals surface area contributed by atoms with Crippen molar-refractivity contribution in [3.63, 3.8) is 0 Å². The molecule has 0 saturated heterocycles. The Kier molecular flexibility index (Phi) is 2.58. The normalized spacial score (nSPS) is 12.2. The van der Waals surface area contributed by atoms with Crippen molar-refractivity contribution in [1.29, 1.82) is 0 Å². The summed E-state index contributed by atoms with van der Waals surface area (Å²) in [6.07, 6.45) is 5.12. The third-order valence-electron chi connectivity index (χ3n) is 2.06. The molecule has 3 heterocycles. The molecular weight excluding hydrogens is 258 g/mol. The van der Waals surface area contributed by atoms with Crippen molar-refractivity contribution in [3.05, 3.63) is 46.6 Å². The fraction of sp³-hybridized carbons (Fsp3) is 0. The van der Waals surface area contributed by atoms with Crippen LogP contribution in [0.15, 0.2) is 41.8 Å². The maximum atomic E-state index is 5.76. The number of pyridine rings is 1. The third-order valence-corrected chi connectivity index (χ3v) is 2.99. The van der Waals surface area contributed by atoms with E-state index in [0.29, 0.717) is 16.6 Å². The second-order valence-corrected chi connectivity index (χ2v) is 4.37.